The van der Waals surface area contributed by atoms with E-state index in [0.717, 1.165) is 29.0 Å². The van der Waals surface area contributed by atoms with Crippen molar-refractivity contribution < 1.29 is 9.84 Å². The van der Waals surface area contributed by atoms with E-state index in [1.54, 1.807) is 0 Å². The first-order chi connectivity index (χ1) is 11.2. The standard InChI is InChI=1S/C19H22INO2/c1-21(20)12-14-23-19-9-7-16(8-10-19)15-18(11-13-22)17-5-3-2-4-6-17/h2-10,15,22H,11-14H2,1H3/b18-15-. The third-order valence-corrected chi connectivity index (χ3v) is 3.90. The van der Waals surface area contributed by atoms with Gasteiger partial charge in [-0.15, -0.1) is 0 Å². The molecule has 0 saturated heterocycles. The van der Waals surface area contributed by atoms with Gasteiger partial charge in [0.25, 0.3) is 0 Å². The van der Waals surface area contributed by atoms with Crippen molar-refractivity contribution in [3.05, 3.63) is 65.7 Å². The number of nitrogens with zero attached hydrogens (tertiary/aromatic N) is 1. The molecule has 0 aliphatic carbocycles. The van der Waals surface area contributed by atoms with E-state index in [4.69, 9.17) is 4.74 Å². The molecule has 2 aromatic rings. The summed E-state index contributed by atoms with van der Waals surface area (Å²) in [5.74, 6) is 0.879. The lowest BCUT2D eigenvalue weighted by atomic mass is 10.0. The number of likely N-dealkylation sites (N-methyl/N-ethyl adjacent to an activating group) is 1. The molecule has 0 aliphatic heterocycles. The highest BCUT2D eigenvalue weighted by Gasteiger charge is 2.02. The zero-order valence-corrected chi connectivity index (χ0v) is 15.4. The molecular formula is C19H22INO2. The molecule has 0 atom stereocenters. The average molecular weight is 423 g/mol. The van der Waals surface area contributed by atoms with E-state index in [0.29, 0.717) is 13.0 Å². The third-order valence-electron chi connectivity index (χ3n) is 3.41. The first-order valence-corrected chi connectivity index (χ1v) is 8.62. The maximum absolute atomic E-state index is 9.30. The lowest BCUT2D eigenvalue weighted by Gasteiger charge is -2.10. The lowest BCUT2D eigenvalue weighted by Crippen LogP contribution is -2.14. The summed E-state index contributed by atoms with van der Waals surface area (Å²) in [5, 5.41) is 9.30. The molecule has 4 heteroatoms. The Morgan fingerprint density at radius 2 is 1.83 bits per heavy atom. The van der Waals surface area contributed by atoms with Crippen molar-refractivity contribution in [1.82, 2.24) is 3.11 Å². The highest BCUT2D eigenvalue weighted by atomic mass is 127. The maximum atomic E-state index is 9.30. The summed E-state index contributed by atoms with van der Waals surface area (Å²) in [7, 11) is 2.02. The van der Waals surface area contributed by atoms with E-state index < -0.39 is 0 Å². The first kappa shape index (κ1) is 18.0. The van der Waals surface area contributed by atoms with Gasteiger partial charge in [0.1, 0.15) is 12.4 Å². The van der Waals surface area contributed by atoms with Gasteiger partial charge in [-0.25, -0.2) is 3.11 Å². The van der Waals surface area contributed by atoms with Gasteiger partial charge in [-0.1, -0.05) is 48.5 Å². The van der Waals surface area contributed by atoms with Gasteiger partial charge >= 0.3 is 0 Å². The van der Waals surface area contributed by atoms with Crippen LogP contribution in [0.1, 0.15) is 17.5 Å². The lowest BCUT2D eigenvalue weighted by molar-refractivity contribution is 0.300. The van der Waals surface area contributed by atoms with E-state index >= 15 is 0 Å². The fourth-order valence-corrected chi connectivity index (χ4v) is 2.42. The Hall–Kier alpha value is -1.37. The molecule has 0 saturated carbocycles. The number of hydrogen-bond donors (Lipinski definition) is 1. The molecule has 0 amide bonds. The van der Waals surface area contributed by atoms with Crippen LogP contribution in [0.4, 0.5) is 0 Å². The van der Waals surface area contributed by atoms with Crippen molar-refractivity contribution in [3.8, 4) is 5.75 Å². The molecule has 0 aliphatic rings. The highest BCUT2D eigenvalue weighted by Crippen LogP contribution is 2.22. The van der Waals surface area contributed by atoms with Gasteiger partial charge in [0.15, 0.2) is 0 Å². The minimum Gasteiger partial charge on any atom is -0.492 e. The van der Waals surface area contributed by atoms with Crippen LogP contribution in [0, 0.1) is 0 Å². The summed E-state index contributed by atoms with van der Waals surface area (Å²) < 4.78 is 7.77. The van der Waals surface area contributed by atoms with E-state index in [9.17, 15) is 5.11 Å². The third kappa shape index (κ3) is 6.33. The van der Waals surface area contributed by atoms with Crippen LogP contribution in [0.2, 0.25) is 0 Å². The number of aliphatic hydroxyl groups is 1. The van der Waals surface area contributed by atoms with Gasteiger partial charge in [0, 0.05) is 36.0 Å². The largest absolute Gasteiger partial charge is 0.492 e. The molecule has 0 radical (unpaired) electrons. The molecule has 0 heterocycles. The normalized spacial score (nSPS) is 11.7. The summed E-state index contributed by atoms with van der Waals surface area (Å²) in [6, 6.07) is 18.2. The van der Waals surface area contributed by atoms with Crippen molar-refractivity contribution in [1.29, 1.82) is 0 Å². The first-order valence-electron chi connectivity index (χ1n) is 7.65. The number of aliphatic hydroxyl groups excluding tert-OH is 1. The second-order valence-electron chi connectivity index (χ2n) is 5.26. The number of ether oxygens (including phenoxy) is 1. The van der Waals surface area contributed by atoms with Crippen LogP contribution in [0.5, 0.6) is 5.75 Å². The Balaban J connectivity index is 2.07. The molecular weight excluding hydrogens is 401 g/mol. The van der Waals surface area contributed by atoms with Gasteiger partial charge in [-0.2, -0.15) is 0 Å². The van der Waals surface area contributed by atoms with Crippen molar-refractivity contribution >= 4 is 34.5 Å². The van der Waals surface area contributed by atoms with E-state index in [1.165, 1.54) is 0 Å². The van der Waals surface area contributed by atoms with Crippen LogP contribution >= 0.6 is 22.9 Å². The molecule has 0 bridgehead atoms. The van der Waals surface area contributed by atoms with Gasteiger partial charge in [-0.3, -0.25) is 0 Å². The SMILES string of the molecule is CN(I)CCOc1ccc(/C=C(/CCO)c2ccccc2)cc1. The molecule has 1 N–H and O–H groups in total. The quantitative estimate of drug-likeness (QED) is 0.391. The summed E-state index contributed by atoms with van der Waals surface area (Å²) in [4.78, 5) is 0. The Labute approximate surface area is 152 Å². The molecule has 0 fully saturated rings. The Morgan fingerprint density at radius 1 is 1.13 bits per heavy atom. The number of hydrogen-bond acceptors (Lipinski definition) is 3. The van der Waals surface area contributed by atoms with Crippen LogP contribution in [-0.2, 0) is 0 Å². The molecule has 2 aromatic carbocycles. The van der Waals surface area contributed by atoms with Crippen molar-refractivity contribution in [2.75, 3.05) is 26.8 Å². The minimum absolute atomic E-state index is 0.145. The molecule has 122 valence electrons. The zero-order chi connectivity index (χ0) is 16.5. The van der Waals surface area contributed by atoms with Crippen LogP contribution in [0.15, 0.2) is 54.6 Å². The minimum atomic E-state index is 0.145. The second-order valence-corrected chi connectivity index (χ2v) is 6.90. The van der Waals surface area contributed by atoms with E-state index in [2.05, 4.69) is 44.2 Å². The van der Waals surface area contributed by atoms with Gasteiger partial charge < -0.3 is 9.84 Å². The fourth-order valence-electron chi connectivity index (χ4n) is 2.22. The molecule has 2 rings (SSSR count). The summed E-state index contributed by atoms with van der Waals surface area (Å²) in [6.07, 6.45) is 2.76. The molecule has 0 aromatic heterocycles. The Morgan fingerprint density at radius 3 is 2.43 bits per heavy atom. The molecule has 3 nitrogen and oxygen atoms in total. The van der Waals surface area contributed by atoms with Crippen LogP contribution < -0.4 is 4.74 Å². The zero-order valence-electron chi connectivity index (χ0n) is 13.3. The number of halogens is 1. The fraction of sp³-hybridized carbons (Fsp3) is 0.263. The van der Waals surface area contributed by atoms with Gasteiger partial charge in [-0.05, 0) is 42.3 Å². The average Bonchev–Trinajstić information content (AvgIpc) is 2.56. The Bertz CT molecular complexity index is 609. The smallest absolute Gasteiger partial charge is 0.119 e. The predicted octanol–water partition coefficient (Wildman–Crippen LogP) is 4.27. The highest BCUT2D eigenvalue weighted by molar-refractivity contribution is 14.1. The number of rotatable bonds is 8. The monoisotopic (exact) mass is 423 g/mol. The maximum Gasteiger partial charge on any atom is 0.119 e. The Kier molecular flexibility index (Phi) is 7.58. The van der Waals surface area contributed by atoms with Crippen LogP contribution in [-0.4, -0.2) is 35.0 Å². The number of benzene rings is 2. The van der Waals surface area contributed by atoms with Crippen LogP contribution in [0.25, 0.3) is 11.6 Å². The predicted molar refractivity (Wildman–Crippen MR) is 105 cm³/mol. The van der Waals surface area contributed by atoms with Crippen molar-refractivity contribution in [3.63, 3.8) is 0 Å². The summed E-state index contributed by atoms with van der Waals surface area (Å²) in [6.45, 7) is 1.71. The van der Waals surface area contributed by atoms with E-state index in [1.807, 2.05) is 49.5 Å². The molecule has 23 heavy (non-hydrogen) atoms. The summed E-state index contributed by atoms with van der Waals surface area (Å²) in [5.41, 5.74) is 3.39. The van der Waals surface area contributed by atoms with E-state index in [-0.39, 0.29) is 6.61 Å². The molecule has 0 unspecified atom stereocenters. The summed E-state index contributed by atoms with van der Waals surface area (Å²) >= 11 is 2.24. The van der Waals surface area contributed by atoms with Gasteiger partial charge in [0.05, 0.1) is 0 Å². The van der Waals surface area contributed by atoms with Gasteiger partial charge in [0.2, 0.25) is 0 Å². The van der Waals surface area contributed by atoms with Crippen molar-refractivity contribution in [2.45, 2.75) is 6.42 Å². The topological polar surface area (TPSA) is 32.7 Å². The second kappa shape index (κ2) is 9.70. The van der Waals surface area contributed by atoms with Crippen molar-refractivity contribution in [2.24, 2.45) is 0 Å². The molecule has 0 spiro atoms. The van der Waals surface area contributed by atoms with Crippen LogP contribution in [0.3, 0.4) is 0 Å².